The van der Waals surface area contributed by atoms with Crippen molar-refractivity contribution >= 4 is 23.8 Å². The molecule has 0 radical (unpaired) electrons. The van der Waals surface area contributed by atoms with Crippen LogP contribution in [0, 0.1) is 0 Å². The van der Waals surface area contributed by atoms with Gasteiger partial charge in [-0.1, -0.05) is 24.3 Å². The first-order valence-electron chi connectivity index (χ1n) is 10.2. The van der Waals surface area contributed by atoms with Gasteiger partial charge in [0.15, 0.2) is 11.5 Å². The first kappa shape index (κ1) is 22.5. The summed E-state index contributed by atoms with van der Waals surface area (Å²) < 4.78 is 0. The normalized spacial score (nSPS) is 22.5. The largest absolute Gasteiger partial charge is 0.479 e. The van der Waals surface area contributed by atoms with E-state index in [2.05, 4.69) is 20.9 Å². The number of benzene rings is 1. The van der Waals surface area contributed by atoms with E-state index in [9.17, 15) is 19.5 Å². The lowest BCUT2D eigenvalue weighted by molar-refractivity contribution is -0.145. The Labute approximate surface area is 180 Å². The van der Waals surface area contributed by atoms with E-state index in [0.29, 0.717) is 19.5 Å². The van der Waals surface area contributed by atoms with Gasteiger partial charge in [0.2, 0.25) is 5.91 Å². The summed E-state index contributed by atoms with van der Waals surface area (Å²) >= 11 is 0. The number of nitrogens with one attached hydrogen (secondary N) is 3. The SMILES string of the molecule is C[C@@](NC(=O)C1CCN1)(C(=O)O)C(=C=O)CC(N=C(N)N)C1NCCc2ccccc21. The van der Waals surface area contributed by atoms with Gasteiger partial charge in [-0.2, -0.15) is 0 Å². The van der Waals surface area contributed by atoms with Crippen molar-refractivity contribution in [3.05, 3.63) is 41.0 Å². The molecule has 8 N–H and O–H groups in total. The number of aliphatic imine (C=N–C) groups is 1. The summed E-state index contributed by atoms with van der Waals surface area (Å²) in [6.45, 7) is 2.64. The number of rotatable bonds is 8. The van der Waals surface area contributed by atoms with Gasteiger partial charge in [0.05, 0.1) is 23.7 Å². The van der Waals surface area contributed by atoms with Crippen molar-refractivity contribution in [3.8, 4) is 0 Å². The number of guanidine groups is 1. The monoisotopic (exact) mass is 428 g/mol. The molecule has 10 heteroatoms. The smallest absolute Gasteiger partial charge is 0.334 e. The van der Waals surface area contributed by atoms with Crippen molar-refractivity contribution in [1.82, 2.24) is 16.0 Å². The molecule has 2 aliphatic heterocycles. The van der Waals surface area contributed by atoms with E-state index in [1.807, 2.05) is 24.3 Å². The Kier molecular flexibility index (Phi) is 6.74. The van der Waals surface area contributed by atoms with Crippen molar-refractivity contribution in [3.63, 3.8) is 0 Å². The number of nitrogens with zero attached hydrogens (tertiary/aromatic N) is 1. The quantitative estimate of drug-likeness (QED) is 0.173. The first-order valence-corrected chi connectivity index (χ1v) is 10.2. The molecule has 1 saturated heterocycles. The molecule has 0 aromatic heterocycles. The second kappa shape index (κ2) is 9.30. The Balaban J connectivity index is 1.92. The van der Waals surface area contributed by atoms with Crippen LogP contribution in [0.5, 0.6) is 0 Å². The number of carbonyl (C=O) groups excluding carboxylic acids is 2. The molecule has 3 unspecified atom stereocenters. The molecule has 2 aliphatic rings. The van der Waals surface area contributed by atoms with E-state index in [-0.39, 0.29) is 24.0 Å². The second-order valence-corrected chi connectivity index (χ2v) is 8.00. The van der Waals surface area contributed by atoms with Crippen LogP contribution in [0.1, 0.15) is 36.9 Å². The highest BCUT2D eigenvalue weighted by Gasteiger charge is 2.44. The first-order chi connectivity index (χ1) is 14.8. The van der Waals surface area contributed by atoms with Gasteiger partial charge in [0.1, 0.15) is 5.94 Å². The van der Waals surface area contributed by atoms with Crippen LogP contribution in [-0.4, -0.2) is 59.6 Å². The Bertz CT molecular complexity index is 934. The average molecular weight is 428 g/mol. The number of carbonyl (C=O) groups is 2. The van der Waals surface area contributed by atoms with Crippen molar-refractivity contribution in [2.75, 3.05) is 13.1 Å². The van der Waals surface area contributed by atoms with Crippen molar-refractivity contribution in [2.45, 2.75) is 49.9 Å². The van der Waals surface area contributed by atoms with Crippen molar-refractivity contribution in [2.24, 2.45) is 16.5 Å². The fourth-order valence-corrected chi connectivity index (χ4v) is 3.97. The second-order valence-electron chi connectivity index (χ2n) is 8.00. The Morgan fingerprint density at radius 2 is 2.03 bits per heavy atom. The van der Waals surface area contributed by atoms with Crippen LogP contribution in [0.15, 0.2) is 34.8 Å². The predicted octanol–water partition coefficient (Wildman–Crippen LogP) is -1.02. The molecule has 3 rings (SSSR count). The third-order valence-corrected chi connectivity index (χ3v) is 5.93. The maximum atomic E-state index is 12.4. The van der Waals surface area contributed by atoms with Gasteiger partial charge in [-0.05, 0) is 44.0 Å². The van der Waals surface area contributed by atoms with E-state index in [1.54, 1.807) is 5.94 Å². The molecule has 1 fully saturated rings. The topological polar surface area (TPSA) is 172 Å². The molecular weight excluding hydrogens is 400 g/mol. The third kappa shape index (κ3) is 4.77. The molecule has 31 heavy (non-hydrogen) atoms. The predicted molar refractivity (Wildman–Crippen MR) is 115 cm³/mol. The number of nitrogens with two attached hydrogens (primary N) is 2. The Hall–Kier alpha value is -3.20. The minimum atomic E-state index is -1.94. The molecule has 0 spiro atoms. The Morgan fingerprint density at radius 3 is 2.61 bits per heavy atom. The fraction of sp³-hybridized carbons (Fsp3) is 0.476. The van der Waals surface area contributed by atoms with E-state index in [1.165, 1.54) is 6.92 Å². The number of fused-ring (bicyclic) bond motifs is 1. The van der Waals surface area contributed by atoms with E-state index < -0.39 is 29.5 Å². The lowest BCUT2D eigenvalue weighted by Crippen LogP contribution is -2.61. The molecule has 10 nitrogen and oxygen atoms in total. The Morgan fingerprint density at radius 1 is 1.32 bits per heavy atom. The summed E-state index contributed by atoms with van der Waals surface area (Å²) in [5, 5.41) is 18.7. The summed E-state index contributed by atoms with van der Waals surface area (Å²) in [5.74, 6) is -0.283. The molecular formula is C21H28N6O4. The molecule has 4 atom stereocenters. The van der Waals surface area contributed by atoms with E-state index >= 15 is 0 Å². The van der Waals surface area contributed by atoms with Crippen LogP contribution in [0.2, 0.25) is 0 Å². The van der Waals surface area contributed by atoms with E-state index in [4.69, 9.17) is 11.5 Å². The standard InChI is InChI=1S/C21H28N6O4/c1-21(19(30)31,27-18(29)15-7-9-24-15)13(11-28)10-16(26-20(22)23)17-14-5-3-2-4-12(14)6-8-25-17/h2-5,15-17,24-25H,6-10H2,1H3,(H,27,29)(H,30,31)(H4,22,23,26)/t15?,16?,17?,21-/m0/s1. The zero-order chi connectivity index (χ0) is 22.6. The van der Waals surface area contributed by atoms with Crippen LogP contribution in [0.25, 0.3) is 0 Å². The number of aliphatic carboxylic acids is 1. The highest BCUT2D eigenvalue weighted by molar-refractivity contribution is 5.94. The maximum Gasteiger partial charge on any atom is 0.334 e. The average Bonchev–Trinajstić information content (AvgIpc) is 2.68. The summed E-state index contributed by atoms with van der Waals surface area (Å²) in [5.41, 5.74) is 11.3. The van der Waals surface area contributed by atoms with Crippen LogP contribution < -0.4 is 27.4 Å². The van der Waals surface area contributed by atoms with Gasteiger partial charge in [-0.25, -0.2) is 14.6 Å². The van der Waals surface area contributed by atoms with Gasteiger partial charge in [-0.15, -0.1) is 0 Å². The van der Waals surface area contributed by atoms with Crippen LogP contribution in [0.3, 0.4) is 0 Å². The maximum absolute atomic E-state index is 12.4. The fourth-order valence-electron chi connectivity index (χ4n) is 3.97. The third-order valence-electron chi connectivity index (χ3n) is 5.93. The minimum absolute atomic E-state index is 0.103. The summed E-state index contributed by atoms with van der Waals surface area (Å²) in [4.78, 5) is 40.8. The van der Waals surface area contributed by atoms with Gasteiger partial charge < -0.3 is 32.5 Å². The van der Waals surface area contributed by atoms with Gasteiger partial charge in [0, 0.05) is 6.42 Å². The highest BCUT2D eigenvalue weighted by Crippen LogP contribution is 2.32. The zero-order valence-electron chi connectivity index (χ0n) is 17.4. The molecule has 166 valence electrons. The molecule has 0 aliphatic carbocycles. The molecule has 0 bridgehead atoms. The molecule has 0 saturated carbocycles. The number of carboxylic acids is 1. The van der Waals surface area contributed by atoms with Crippen molar-refractivity contribution in [1.29, 1.82) is 0 Å². The summed E-state index contributed by atoms with van der Waals surface area (Å²) in [7, 11) is 0. The molecule has 1 aromatic rings. The van der Waals surface area contributed by atoms with Gasteiger partial charge >= 0.3 is 5.97 Å². The number of hydrogen-bond acceptors (Lipinski definition) is 6. The van der Waals surface area contributed by atoms with Crippen LogP contribution in [0.4, 0.5) is 0 Å². The number of hydrogen-bond donors (Lipinski definition) is 6. The summed E-state index contributed by atoms with van der Waals surface area (Å²) in [6, 6.07) is 6.32. The van der Waals surface area contributed by atoms with Crippen LogP contribution >= 0.6 is 0 Å². The molecule has 2 heterocycles. The lowest BCUT2D eigenvalue weighted by Gasteiger charge is -2.35. The van der Waals surface area contributed by atoms with E-state index in [0.717, 1.165) is 17.5 Å². The summed E-state index contributed by atoms with van der Waals surface area (Å²) in [6.07, 6.45) is 1.32. The van der Waals surface area contributed by atoms with Gasteiger partial charge in [0.25, 0.3) is 0 Å². The molecule has 1 aromatic carbocycles. The number of amides is 1. The zero-order valence-corrected chi connectivity index (χ0v) is 17.4. The van der Waals surface area contributed by atoms with Crippen LogP contribution in [-0.2, 0) is 20.8 Å². The lowest BCUT2D eigenvalue weighted by atomic mass is 9.82. The van der Waals surface area contributed by atoms with Crippen molar-refractivity contribution < 1.29 is 19.5 Å². The highest BCUT2D eigenvalue weighted by atomic mass is 16.4. The number of carboxylic acid groups (broad SMARTS) is 1. The minimum Gasteiger partial charge on any atom is -0.479 e. The molecule has 1 amide bonds. The van der Waals surface area contributed by atoms with Gasteiger partial charge in [-0.3, -0.25) is 4.79 Å².